The van der Waals surface area contributed by atoms with Crippen LogP contribution in [0.5, 0.6) is 5.75 Å². The molecule has 0 spiro atoms. The lowest BCUT2D eigenvalue weighted by atomic mass is 10.1. The highest BCUT2D eigenvalue weighted by Gasteiger charge is 2.17. The van der Waals surface area contributed by atoms with E-state index in [0.717, 1.165) is 25.0 Å². The van der Waals surface area contributed by atoms with Crippen molar-refractivity contribution in [1.29, 1.82) is 0 Å². The molecule has 1 N–H and O–H groups in total. The van der Waals surface area contributed by atoms with Crippen molar-refractivity contribution in [2.24, 2.45) is 0 Å². The van der Waals surface area contributed by atoms with Crippen LogP contribution in [0.2, 0.25) is 5.02 Å². The number of benzene rings is 1. The Balaban J connectivity index is 2.05. The predicted octanol–water partition coefficient (Wildman–Crippen LogP) is 2.95. The van der Waals surface area contributed by atoms with Crippen molar-refractivity contribution in [2.75, 3.05) is 13.2 Å². The molecule has 1 aliphatic rings. The molecule has 1 saturated heterocycles. The molecule has 2 atom stereocenters. The van der Waals surface area contributed by atoms with Gasteiger partial charge < -0.3 is 14.6 Å². The molecule has 1 unspecified atom stereocenters. The third-order valence-corrected chi connectivity index (χ3v) is 3.15. The van der Waals surface area contributed by atoms with E-state index in [1.807, 2.05) is 6.07 Å². The summed E-state index contributed by atoms with van der Waals surface area (Å²) in [6.07, 6.45) is 1.58. The first-order valence-electron chi connectivity index (χ1n) is 5.88. The minimum Gasteiger partial charge on any atom is -0.486 e. The molecule has 0 saturated carbocycles. The highest BCUT2D eigenvalue weighted by atomic mass is 35.5. The van der Waals surface area contributed by atoms with Gasteiger partial charge in [-0.3, -0.25) is 0 Å². The van der Waals surface area contributed by atoms with Crippen molar-refractivity contribution in [2.45, 2.75) is 32.0 Å². The minimum atomic E-state index is -0.514. The summed E-state index contributed by atoms with van der Waals surface area (Å²) in [5.74, 6) is 0.659. The minimum absolute atomic E-state index is 0.0821. The Kier molecular flexibility index (Phi) is 4.26. The fraction of sp³-hybridized carbons (Fsp3) is 0.538. The van der Waals surface area contributed by atoms with E-state index in [0.29, 0.717) is 17.4 Å². The predicted molar refractivity (Wildman–Crippen MR) is 66.6 cm³/mol. The number of aliphatic hydroxyl groups is 1. The summed E-state index contributed by atoms with van der Waals surface area (Å²) in [4.78, 5) is 0. The van der Waals surface area contributed by atoms with Gasteiger partial charge in [0.1, 0.15) is 11.9 Å². The van der Waals surface area contributed by atoms with Gasteiger partial charge in [-0.25, -0.2) is 0 Å². The molecule has 0 aromatic heterocycles. The molecular formula is C13H17ClO3. The van der Waals surface area contributed by atoms with E-state index < -0.39 is 6.10 Å². The molecule has 3 nitrogen and oxygen atoms in total. The van der Waals surface area contributed by atoms with Crippen molar-refractivity contribution in [3.63, 3.8) is 0 Å². The van der Waals surface area contributed by atoms with Crippen molar-refractivity contribution in [3.8, 4) is 5.75 Å². The van der Waals surface area contributed by atoms with Gasteiger partial charge >= 0.3 is 0 Å². The van der Waals surface area contributed by atoms with E-state index in [4.69, 9.17) is 21.1 Å². The Morgan fingerprint density at radius 2 is 2.35 bits per heavy atom. The SMILES string of the molecule is C[C@@H](O)c1ccc(OC2CCCOC2)c(Cl)c1. The fourth-order valence-corrected chi connectivity index (χ4v) is 2.09. The lowest BCUT2D eigenvalue weighted by Gasteiger charge is -2.24. The van der Waals surface area contributed by atoms with Gasteiger partial charge in [-0.05, 0) is 37.5 Å². The van der Waals surface area contributed by atoms with Gasteiger partial charge in [0.05, 0.1) is 17.7 Å². The third kappa shape index (κ3) is 3.35. The first kappa shape index (κ1) is 12.7. The Labute approximate surface area is 106 Å². The number of ether oxygens (including phenoxy) is 2. The topological polar surface area (TPSA) is 38.7 Å². The zero-order chi connectivity index (χ0) is 12.3. The number of hydrogen-bond acceptors (Lipinski definition) is 3. The standard InChI is InChI=1S/C13H17ClO3/c1-9(15)10-4-5-13(12(14)7-10)17-11-3-2-6-16-8-11/h4-5,7,9,11,15H,2-3,6,8H2,1H3/t9-,11?/m1/s1. The van der Waals surface area contributed by atoms with Crippen molar-refractivity contribution >= 4 is 11.6 Å². The van der Waals surface area contributed by atoms with Gasteiger partial charge in [-0.2, -0.15) is 0 Å². The van der Waals surface area contributed by atoms with Gasteiger partial charge in [-0.15, -0.1) is 0 Å². The van der Waals surface area contributed by atoms with E-state index in [1.54, 1.807) is 19.1 Å². The van der Waals surface area contributed by atoms with Crippen LogP contribution in [0.15, 0.2) is 18.2 Å². The number of hydrogen-bond donors (Lipinski definition) is 1. The monoisotopic (exact) mass is 256 g/mol. The lowest BCUT2D eigenvalue weighted by Crippen LogP contribution is -2.28. The summed E-state index contributed by atoms with van der Waals surface area (Å²) in [6, 6.07) is 5.37. The number of aliphatic hydroxyl groups excluding tert-OH is 1. The molecule has 1 aromatic rings. The van der Waals surface area contributed by atoms with Crippen LogP contribution in [0.3, 0.4) is 0 Å². The zero-order valence-corrected chi connectivity index (χ0v) is 10.6. The smallest absolute Gasteiger partial charge is 0.138 e. The summed E-state index contributed by atoms with van der Waals surface area (Å²) in [6.45, 7) is 3.14. The zero-order valence-electron chi connectivity index (χ0n) is 9.86. The van der Waals surface area contributed by atoms with Crippen LogP contribution in [-0.2, 0) is 4.74 Å². The van der Waals surface area contributed by atoms with Crippen LogP contribution in [-0.4, -0.2) is 24.4 Å². The van der Waals surface area contributed by atoms with Crippen LogP contribution < -0.4 is 4.74 Å². The maximum atomic E-state index is 9.44. The average molecular weight is 257 g/mol. The maximum absolute atomic E-state index is 9.44. The second-order valence-electron chi connectivity index (χ2n) is 4.32. The second-order valence-corrected chi connectivity index (χ2v) is 4.73. The summed E-state index contributed by atoms with van der Waals surface area (Å²) in [5, 5.41) is 9.98. The molecule has 0 aliphatic carbocycles. The summed E-state index contributed by atoms with van der Waals surface area (Å²) < 4.78 is 11.1. The average Bonchev–Trinajstić information content (AvgIpc) is 2.33. The van der Waals surface area contributed by atoms with Crippen LogP contribution in [0.25, 0.3) is 0 Å². The molecule has 0 amide bonds. The second kappa shape index (κ2) is 5.71. The van der Waals surface area contributed by atoms with Gasteiger partial charge in [-0.1, -0.05) is 17.7 Å². The molecule has 1 fully saturated rings. The van der Waals surface area contributed by atoms with E-state index >= 15 is 0 Å². The Bertz CT molecular complexity index is 373. The molecule has 1 aromatic carbocycles. The highest BCUT2D eigenvalue weighted by molar-refractivity contribution is 6.32. The Morgan fingerprint density at radius 3 is 2.94 bits per heavy atom. The fourth-order valence-electron chi connectivity index (χ4n) is 1.86. The third-order valence-electron chi connectivity index (χ3n) is 2.85. The molecule has 4 heteroatoms. The molecular weight excluding hydrogens is 240 g/mol. The van der Waals surface area contributed by atoms with Gasteiger partial charge in [0.15, 0.2) is 0 Å². The molecule has 2 rings (SSSR count). The van der Waals surface area contributed by atoms with E-state index in [1.165, 1.54) is 0 Å². The van der Waals surface area contributed by atoms with E-state index in [2.05, 4.69) is 0 Å². The Morgan fingerprint density at radius 1 is 1.53 bits per heavy atom. The summed E-state index contributed by atoms with van der Waals surface area (Å²) in [5.41, 5.74) is 0.794. The summed E-state index contributed by atoms with van der Waals surface area (Å²) >= 11 is 6.12. The first-order valence-corrected chi connectivity index (χ1v) is 6.26. The molecule has 1 heterocycles. The van der Waals surface area contributed by atoms with Crippen molar-refractivity contribution < 1.29 is 14.6 Å². The maximum Gasteiger partial charge on any atom is 0.138 e. The number of rotatable bonds is 3. The molecule has 0 bridgehead atoms. The van der Waals surface area contributed by atoms with Gasteiger partial charge in [0.25, 0.3) is 0 Å². The van der Waals surface area contributed by atoms with Gasteiger partial charge in [0.2, 0.25) is 0 Å². The molecule has 0 radical (unpaired) electrons. The van der Waals surface area contributed by atoms with E-state index in [-0.39, 0.29) is 6.10 Å². The van der Waals surface area contributed by atoms with Crippen LogP contribution in [0, 0.1) is 0 Å². The Hall–Kier alpha value is -0.770. The van der Waals surface area contributed by atoms with Crippen molar-refractivity contribution in [3.05, 3.63) is 28.8 Å². The molecule has 1 aliphatic heterocycles. The lowest BCUT2D eigenvalue weighted by molar-refractivity contribution is 0.00745. The van der Waals surface area contributed by atoms with Crippen LogP contribution >= 0.6 is 11.6 Å². The number of halogens is 1. The largest absolute Gasteiger partial charge is 0.486 e. The molecule has 17 heavy (non-hydrogen) atoms. The first-order chi connectivity index (χ1) is 8.16. The van der Waals surface area contributed by atoms with Gasteiger partial charge in [0, 0.05) is 6.61 Å². The highest BCUT2D eigenvalue weighted by Crippen LogP contribution is 2.29. The summed E-state index contributed by atoms with van der Waals surface area (Å²) in [7, 11) is 0. The quantitative estimate of drug-likeness (QED) is 0.904. The van der Waals surface area contributed by atoms with Crippen LogP contribution in [0.4, 0.5) is 0 Å². The normalized spacial score (nSPS) is 22.2. The van der Waals surface area contributed by atoms with Crippen LogP contribution in [0.1, 0.15) is 31.4 Å². The van der Waals surface area contributed by atoms with E-state index in [9.17, 15) is 5.11 Å². The molecule has 94 valence electrons. The van der Waals surface area contributed by atoms with Crippen molar-refractivity contribution in [1.82, 2.24) is 0 Å².